The molecule has 0 radical (unpaired) electrons. The maximum absolute atomic E-state index is 12.2. The number of rotatable bonds is 6. The van der Waals surface area contributed by atoms with Crippen LogP contribution in [0.1, 0.15) is 48.3 Å². The zero-order valence-corrected chi connectivity index (χ0v) is 12.1. The highest BCUT2D eigenvalue weighted by molar-refractivity contribution is 6.03. The van der Waals surface area contributed by atoms with Gasteiger partial charge in [-0.05, 0) is 37.5 Å². The topological polar surface area (TPSA) is 67.0 Å². The van der Waals surface area contributed by atoms with Crippen molar-refractivity contribution in [3.05, 3.63) is 41.7 Å². The van der Waals surface area contributed by atoms with Crippen LogP contribution < -0.4 is 10.1 Å². The Morgan fingerprint density at radius 1 is 1.43 bits per heavy atom. The average molecular weight is 285 g/mol. The van der Waals surface area contributed by atoms with Gasteiger partial charge in [-0.1, -0.05) is 13.0 Å². The van der Waals surface area contributed by atoms with Crippen molar-refractivity contribution in [2.75, 3.05) is 11.9 Å². The minimum atomic E-state index is -0.203. The van der Waals surface area contributed by atoms with Gasteiger partial charge in [0.25, 0.3) is 5.91 Å². The van der Waals surface area contributed by atoms with Crippen molar-refractivity contribution in [3.8, 4) is 5.75 Å². The fourth-order valence-electron chi connectivity index (χ4n) is 2.14. The maximum atomic E-state index is 12.2. The molecule has 5 nitrogen and oxygen atoms in total. The number of hydrogen-bond donors (Lipinski definition) is 2. The SMILES string of the molecule is CCCOc1cccc(NC(=O)c2cc(C3CC3)[nH]n2)c1. The highest BCUT2D eigenvalue weighted by atomic mass is 16.5. The zero-order valence-electron chi connectivity index (χ0n) is 12.1. The third-order valence-electron chi connectivity index (χ3n) is 3.41. The molecule has 0 spiro atoms. The lowest BCUT2D eigenvalue weighted by molar-refractivity contribution is 0.102. The molecule has 2 N–H and O–H groups in total. The Morgan fingerprint density at radius 2 is 2.29 bits per heavy atom. The third kappa shape index (κ3) is 3.42. The zero-order chi connectivity index (χ0) is 14.7. The number of hydrogen-bond acceptors (Lipinski definition) is 3. The fraction of sp³-hybridized carbons (Fsp3) is 0.375. The summed E-state index contributed by atoms with van der Waals surface area (Å²) in [6, 6.07) is 9.24. The molecule has 1 aliphatic rings. The van der Waals surface area contributed by atoms with Gasteiger partial charge in [0, 0.05) is 23.4 Å². The van der Waals surface area contributed by atoms with E-state index in [2.05, 4.69) is 22.4 Å². The highest BCUT2D eigenvalue weighted by Gasteiger charge is 2.26. The number of ether oxygens (including phenoxy) is 1. The van der Waals surface area contributed by atoms with E-state index in [0.717, 1.165) is 17.9 Å². The second kappa shape index (κ2) is 5.99. The molecule has 0 unspecified atom stereocenters. The molecule has 1 aromatic carbocycles. The van der Waals surface area contributed by atoms with Crippen LogP contribution in [0.4, 0.5) is 5.69 Å². The summed E-state index contributed by atoms with van der Waals surface area (Å²) in [6.45, 7) is 2.72. The normalized spacial score (nSPS) is 14.0. The van der Waals surface area contributed by atoms with Gasteiger partial charge in [-0.2, -0.15) is 5.10 Å². The molecule has 21 heavy (non-hydrogen) atoms. The number of H-pyrrole nitrogens is 1. The first kappa shape index (κ1) is 13.7. The van der Waals surface area contributed by atoms with E-state index in [4.69, 9.17) is 4.74 Å². The average Bonchev–Trinajstić information content (AvgIpc) is 3.22. The lowest BCUT2D eigenvalue weighted by Crippen LogP contribution is -2.12. The third-order valence-corrected chi connectivity index (χ3v) is 3.41. The van der Waals surface area contributed by atoms with Crippen molar-refractivity contribution < 1.29 is 9.53 Å². The summed E-state index contributed by atoms with van der Waals surface area (Å²) in [5.41, 5.74) is 2.20. The molecule has 0 aliphatic heterocycles. The minimum Gasteiger partial charge on any atom is -0.494 e. The Hall–Kier alpha value is -2.30. The van der Waals surface area contributed by atoms with Gasteiger partial charge in [0.15, 0.2) is 5.69 Å². The molecule has 1 fully saturated rings. The number of anilines is 1. The van der Waals surface area contributed by atoms with Crippen molar-refractivity contribution in [2.45, 2.75) is 32.1 Å². The lowest BCUT2D eigenvalue weighted by Gasteiger charge is -2.07. The van der Waals surface area contributed by atoms with Crippen LogP contribution in [0.2, 0.25) is 0 Å². The van der Waals surface area contributed by atoms with E-state index in [1.807, 2.05) is 30.3 Å². The molecule has 3 rings (SSSR count). The minimum absolute atomic E-state index is 0.203. The molecule has 110 valence electrons. The number of carbonyl (C=O) groups is 1. The van der Waals surface area contributed by atoms with Gasteiger partial charge in [0.2, 0.25) is 0 Å². The van der Waals surface area contributed by atoms with Crippen molar-refractivity contribution in [1.29, 1.82) is 0 Å². The molecular weight excluding hydrogens is 266 g/mol. The first-order chi connectivity index (χ1) is 10.3. The van der Waals surface area contributed by atoms with E-state index in [1.165, 1.54) is 12.8 Å². The van der Waals surface area contributed by atoms with E-state index in [-0.39, 0.29) is 5.91 Å². The Morgan fingerprint density at radius 3 is 3.05 bits per heavy atom. The molecule has 1 aliphatic carbocycles. The van der Waals surface area contributed by atoms with Crippen LogP contribution in [0.3, 0.4) is 0 Å². The van der Waals surface area contributed by atoms with Gasteiger partial charge >= 0.3 is 0 Å². The lowest BCUT2D eigenvalue weighted by atomic mass is 10.2. The van der Waals surface area contributed by atoms with Crippen LogP contribution in [0.25, 0.3) is 0 Å². The van der Waals surface area contributed by atoms with Crippen LogP contribution in [0, 0.1) is 0 Å². The Bertz CT molecular complexity index is 632. The van der Waals surface area contributed by atoms with Crippen LogP contribution in [0.5, 0.6) is 5.75 Å². The molecule has 5 heteroatoms. The number of nitrogens with one attached hydrogen (secondary N) is 2. The molecular formula is C16H19N3O2. The summed E-state index contributed by atoms with van der Waals surface area (Å²) >= 11 is 0. The first-order valence-corrected chi connectivity index (χ1v) is 7.36. The van der Waals surface area contributed by atoms with Gasteiger partial charge in [-0.15, -0.1) is 0 Å². The van der Waals surface area contributed by atoms with E-state index in [9.17, 15) is 4.79 Å². The Labute approximate surface area is 123 Å². The number of aromatic amines is 1. The van der Waals surface area contributed by atoms with E-state index < -0.39 is 0 Å². The predicted molar refractivity (Wildman–Crippen MR) is 80.7 cm³/mol. The molecule has 1 aromatic heterocycles. The van der Waals surface area contributed by atoms with Crippen molar-refractivity contribution in [1.82, 2.24) is 10.2 Å². The Balaban J connectivity index is 1.65. The van der Waals surface area contributed by atoms with Crippen LogP contribution >= 0.6 is 0 Å². The molecule has 0 atom stereocenters. The van der Waals surface area contributed by atoms with E-state index in [0.29, 0.717) is 23.9 Å². The quantitative estimate of drug-likeness (QED) is 0.855. The van der Waals surface area contributed by atoms with Crippen LogP contribution in [-0.2, 0) is 0 Å². The fourth-order valence-corrected chi connectivity index (χ4v) is 2.14. The molecule has 2 aromatic rings. The van der Waals surface area contributed by atoms with Gasteiger partial charge in [-0.3, -0.25) is 9.89 Å². The molecule has 1 saturated carbocycles. The van der Waals surface area contributed by atoms with Crippen LogP contribution in [0.15, 0.2) is 30.3 Å². The largest absolute Gasteiger partial charge is 0.494 e. The number of carbonyl (C=O) groups excluding carboxylic acids is 1. The summed E-state index contributed by atoms with van der Waals surface area (Å²) in [7, 11) is 0. The second-order valence-corrected chi connectivity index (χ2v) is 5.31. The number of amides is 1. The second-order valence-electron chi connectivity index (χ2n) is 5.31. The number of benzene rings is 1. The summed E-state index contributed by atoms with van der Waals surface area (Å²) in [5, 5.41) is 9.86. The van der Waals surface area contributed by atoms with Gasteiger partial charge in [0.05, 0.1) is 6.61 Å². The molecule has 1 amide bonds. The molecule has 1 heterocycles. The van der Waals surface area contributed by atoms with Crippen LogP contribution in [-0.4, -0.2) is 22.7 Å². The maximum Gasteiger partial charge on any atom is 0.276 e. The Kier molecular flexibility index (Phi) is 3.90. The molecule has 0 bridgehead atoms. The highest BCUT2D eigenvalue weighted by Crippen LogP contribution is 2.39. The number of nitrogens with zero attached hydrogens (tertiary/aromatic N) is 1. The van der Waals surface area contributed by atoms with Gasteiger partial charge < -0.3 is 10.1 Å². The predicted octanol–water partition coefficient (Wildman–Crippen LogP) is 3.33. The summed E-state index contributed by atoms with van der Waals surface area (Å²) < 4.78 is 5.55. The first-order valence-electron chi connectivity index (χ1n) is 7.36. The monoisotopic (exact) mass is 285 g/mol. The van der Waals surface area contributed by atoms with Gasteiger partial charge in [0.1, 0.15) is 5.75 Å². The standard InChI is InChI=1S/C16H19N3O2/c1-2-8-21-13-5-3-4-12(9-13)17-16(20)15-10-14(18-19-15)11-6-7-11/h3-5,9-11H,2,6-8H2,1H3,(H,17,20)(H,18,19). The van der Waals surface area contributed by atoms with Gasteiger partial charge in [-0.25, -0.2) is 0 Å². The van der Waals surface area contributed by atoms with E-state index >= 15 is 0 Å². The summed E-state index contributed by atoms with van der Waals surface area (Å²) in [5.74, 6) is 1.12. The van der Waals surface area contributed by atoms with Crippen molar-refractivity contribution in [3.63, 3.8) is 0 Å². The molecule has 0 saturated heterocycles. The summed E-state index contributed by atoms with van der Waals surface area (Å²) in [4.78, 5) is 12.2. The van der Waals surface area contributed by atoms with E-state index in [1.54, 1.807) is 0 Å². The number of aromatic nitrogens is 2. The van der Waals surface area contributed by atoms with Crippen molar-refractivity contribution in [2.24, 2.45) is 0 Å². The smallest absolute Gasteiger partial charge is 0.276 e. The summed E-state index contributed by atoms with van der Waals surface area (Å²) in [6.07, 6.45) is 3.31. The van der Waals surface area contributed by atoms with Crippen molar-refractivity contribution >= 4 is 11.6 Å².